The first-order valence-electron chi connectivity index (χ1n) is 7.11. The SMILES string of the molecule is CNC(c1cnn(-c2ccccc2)n1)C1CCCOC1. The third-order valence-electron chi connectivity index (χ3n) is 3.79. The molecule has 5 nitrogen and oxygen atoms in total. The molecule has 0 spiro atoms. The fourth-order valence-corrected chi connectivity index (χ4v) is 2.76. The highest BCUT2D eigenvalue weighted by Gasteiger charge is 2.26. The van der Waals surface area contributed by atoms with Gasteiger partial charge in [0.1, 0.15) is 5.69 Å². The zero-order chi connectivity index (χ0) is 13.8. The highest BCUT2D eigenvalue weighted by Crippen LogP contribution is 2.27. The van der Waals surface area contributed by atoms with Gasteiger partial charge in [0.15, 0.2) is 0 Å². The van der Waals surface area contributed by atoms with E-state index in [2.05, 4.69) is 15.5 Å². The fourth-order valence-electron chi connectivity index (χ4n) is 2.76. The summed E-state index contributed by atoms with van der Waals surface area (Å²) in [6.07, 6.45) is 4.14. The second kappa shape index (κ2) is 6.15. The van der Waals surface area contributed by atoms with Crippen molar-refractivity contribution >= 4 is 0 Å². The quantitative estimate of drug-likeness (QED) is 0.924. The molecule has 0 amide bonds. The van der Waals surface area contributed by atoms with Crippen LogP contribution in [0.15, 0.2) is 36.5 Å². The molecular weight excluding hydrogens is 252 g/mol. The second-order valence-electron chi connectivity index (χ2n) is 5.14. The lowest BCUT2D eigenvalue weighted by molar-refractivity contribution is 0.0395. The number of para-hydroxylation sites is 1. The van der Waals surface area contributed by atoms with Gasteiger partial charge in [-0.3, -0.25) is 0 Å². The van der Waals surface area contributed by atoms with Gasteiger partial charge in [0, 0.05) is 12.5 Å². The Morgan fingerprint density at radius 2 is 2.20 bits per heavy atom. The van der Waals surface area contributed by atoms with Crippen LogP contribution < -0.4 is 5.32 Å². The lowest BCUT2D eigenvalue weighted by Gasteiger charge is -2.28. The third kappa shape index (κ3) is 2.73. The van der Waals surface area contributed by atoms with Gasteiger partial charge in [0.25, 0.3) is 0 Å². The van der Waals surface area contributed by atoms with Crippen LogP contribution in [-0.2, 0) is 4.74 Å². The zero-order valence-electron chi connectivity index (χ0n) is 11.7. The number of aromatic nitrogens is 3. The van der Waals surface area contributed by atoms with Crippen LogP contribution in [0.1, 0.15) is 24.6 Å². The highest BCUT2D eigenvalue weighted by atomic mass is 16.5. The topological polar surface area (TPSA) is 52.0 Å². The average molecular weight is 272 g/mol. The monoisotopic (exact) mass is 272 g/mol. The number of rotatable bonds is 4. The maximum Gasteiger partial charge on any atom is 0.100 e. The largest absolute Gasteiger partial charge is 0.381 e. The molecule has 0 radical (unpaired) electrons. The maximum atomic E-state index is 5.58. The Bertz CT molecular complexity index is 534. The number of ether oxygens (including phenoxy) is 1. The molecule has 1 fully saturated rings. The Morgan fingerprint density at radius 1 is 1.35 bits per heavy atom. The molecule has 0 aliphatic carbocycles. The van der Waals surface area contributed by atoms with Gasteiger partial charge in [-0.05, 0) is 32.0 Å². The summed E-state index contributed by atoms with van der Waals surface area (Å²) < 4.78 is 5.58. The molecular formula is C15H20N4O. The van der Waals surface area contributed by atoms with E-state index in [1.54, 1.807) is 4.80 Å². The van der Waals surface area contributed by atoms with Crippen LogP contribution in [0.3, 0.4) is 0 Å². The summed E-state index contributed by atoms with van der Waals surface area (Å²) in [5.74, 6) is 0.467. The van der Waals surface area contributed by atoms with Gasteiger partial charge in [0.05, 0.1) is 24.5 Å². The Kier molecular flexibility index (Phi) is 4.08. The van der Waals surface area contributed by atoms with E-state index in [4.69, 9.17) is 4.74 Å². The van der Waals surface area contributed by atoms with Crippen LogP contribution in [-0.4, -0.2) is 35.3 Å². The van der Waals surface area contributed by atoms with Gasteiger partial charge in [-0.2, -0.15) is 15.0 Å². The van der Waals surface area contributed by atoms with Gasteiger partial charge in [-0.25, -0.2) is 0 Å². The summed E-state index contributed by atoms with van der Waals surface area (Å²) in [5.41, 5.74) is 1.96. The summed E-state index contributed by atoms with van der Waals surface area (Å²) in [6.45, 7) is 1.67. The van der Waals surface area contributed by atoms with E-state index in [1.807, 2.05) is 43.6 Å². The molecule has 1 N–H and O–H groups in total. The van der Waals surface area contributed by atoms with Gasteiger partial charge >= 0.3 is 0 Å². The van der Waals surface area contributed by atoms with Gasteiger partial charge in [-0.1, -0.05) is 18.2 Å². The van der Waals surface area contributed by atoms with Crippen molar-refractivity contribution in [3.63, 3.8) is 0 Å². The van der Waals surface area contributed by atoms with Crippen molar-refractivity contribution in [1.29, 1.82) is 0 Å². The molecule has 5 heteroatoms. The molecule has 2 aromatic rings. The van der Waals surface area contributed by atoms with Crippen molar-refractivity contribution < 1.29 is 4.74 Å². The lowest BCUT2D eigenvalue weighted by atomic mass is 9.92. The lowest BCUT2D eigenvalue weighted by Crippen LogP contribution is -2.31. The zero-order valence-corrected chi connectivity index (χ0v) is 11.7. The predicted molar refractivity (Wildman–Crippen MR) is 76.7 cm³/mol. The fraction of sp³-hybridized carbons (Fsp3) is 0.467. The summed E-state index contributed by atoms with van der Waals surface area (Å²) in [7, 11) is 1.97. The van der Waals surface area contributed by atoms with Crippen LogP contribution in [0.2, 0.25) is 0 Å². The number of hydrogen-bond acceptors (Lipinski definition) is 4. The molecule has 1 aromatic carbocycles. The number of nitrogens with one attached hydrogen (secondary N) is 1. The van der Waals surface area contributed by atoms with E-state index in [0.29, 0.717) is 5.92 Å². The molecule has 2 unspecified atom stereocenters. The smallest absolute Gasteiger partial charge is 0.100 e. The minimum Gasteiger partial charge on any atom is -0.381 e. The van der Waals surface area contributed by atoms with E-state index < -0.39 is 0 Å². The molecule has 2 heterocycles. The van der Waals surface area contributed by atoms with Crippen molar-refractivity contribution in [3.05, 3.63) is 42.2 Å². The van der Waals surface area contributed by atoms with E-state index in [9.17, 15) is 0 Å². The molecule has 0 bridgehead atoms. The second-order valence-corrected chi connectivity index (χ2v) is 5.14. The van der Waals surface area contributed by atoms with E-state index in [0.717, 1.165) is 31.0 Å². The van der Waals surface area contributed by atoms with Gasteiger partial charge in [0.2, 0.25) is 0 Å². The summed E-state index contributed by atoms with van der Waals surface area (Å²) in [6, 6.07) is 10.2. The number of hydrogen-bond donors (Lipinski definition) is 1. The van der Waals surface area contributed by atoms with Crippen LogP contribution in [0.5, 0.6) is 0 Å². The molecule has 20 heavy (non-hydrogen) atoms. The first-order chi connectivity index (χ1) is 9.88. The minimum atomic E-state index is 0.202. The van der Waals surface area contributed by atoms with Crippen LogP contribution in [0.4, 0.5) is 0 Å². The standard InChI is InChI=1S/C15H20N4O/c1-16-15(12-6-5-9-20-11-12)14-10-17-19(18-14)13-7-3-2-4-8-13/h2-4,7-8,10,12,15-16H,5-6,9,11H2,1H3. The summed E-state index contributed by atoms with van der Waals surface area (Å²) in [5, 5.41) is 12.3. The van der Waals surface area contributed by atoms with Crippen molar-refractivity contribution in [2.24, 2.45) is 5.92 Å². The normalized spacial score (nSPS) is 20.8. The van der Waals surface area contributed by atoms with Crippen molar-refractivity contribution in [3.8, 4) is 5.69 Å². The molecule has 106 valence electrons. The maximum absolute atomic E-state index is 5.58. The molecule has 2 atom stereocenters. The van der Waals surface area contributed by atoms with Gasteiger partial charge in [-0.15, -0.1) is 0 Å². The Hall–Kier alpha value is -1.72. The average Bonchev–Trinajstić information content (AvgIpc) is 3.00. The predicted octanol–water partition coefficient (Wildman–Crippen LogP) is 1.95. The number of benzene rings is 1. The first kappa shape index (κ1) is 13.3. The van der Waals surface area contributed by atoms with E-state index in [-0.39, 0.29) is 6.04 Å². The molecule has 1 aliphatic rings. The third-order valence-corrected chi connectivity index (χ3v) is 3.79. The molecule has 1 aromatic heterocycles. The minimum absolute atomic E-state index is 0.202. The summed E-state index contributed by atoms with van der Waals surface area (Å²) >= 11 is 0. The molecule has 3 rings (SSSR count). The van der Waals surface area contributed by atoms with Crippen LogP contribution in [0, 0.1) is 5.92 Å². The molecule has 0 saturated carbocycles. The summed E-state index contributed by atoms with van der Waals surface area (Å²) in [4.78, 5) is 1.68. The molecule has 1 aliphatic heterocycles. The number of nitrogens with zero attached hydrogens (tertiary/aromatic N) is 3. The Balaban J connectivity index is 1.80. The van der Waals surface area contributed by atoms with Crippen molar-refractivity contribution in [2.45, 2.75) is 18.9 Å². The van der Waals surface area contributed by atoms with Crippen LogP contribution >= 0.6 is 0 Å². The first-order valence-corrected chi connectivity index (χ1v) is 7.11. The Labute approximate surface area is 118 Å². The van der Waals surface area contributed by atoms with Crippen molar-refractivity contribution in [2.75, 3.05) is 20.3 Å². The van der Waals surface area contributed by atoms with Crippen molar-refractivity contribution in [1.82, 2.24) is 20.3 Å². The van der Waals surface area contributed by atoms with E-state index in [1.165, 1.54) is 6.42 Å². The van der Waals surface area contributed by atoms with E-state index >= 15 is 0 Å². The Morgan fingerprint density at radius 3 is 2.90 bits per heavy atom. The highest BCUT2D eigenvalue weighted by molar-refractivity contribution is 5.28. The van der Waals surface area contributed by atoms with Gasteiger partial charge < -0.3 is 10.1 Å². The molecule has 1 saturated heterocycles. The van der Waals surface area contributed by atoms with Crippen LogP contribution in [0.25, 0.3) is 5.69 Å².